The number of hydrogen-bond acceptors (Lipinski definition) is 3. The Bertz CT molecular complexity index is 648. The summed E-state index contributed by atoms with van der Waals surface area (Å²) < 4.78 is 10.7. The topological polar surface area (TPSA) is 35.5 Å². The van der Waals surface area contributed by atoms with Crippen molar-refractivity contribution < 1.29 is 14.3 Å². The molecule has 104 valence electrons. The number of carbonyl (C=O) groups excluding carboxylic acids is 1. The zero-order valence-electron chi connectivity index (χ0n) is 11.8. The standard InChI is InChI=1S/C17H18O3/c1-11-16(7-8-20-11)17(18)14-4-3-13-10-15(19-2)6-5-12(13)9-14/h3-6,9-11,16H,7-8H2,1-2H3. The third kappa shape index (κ3) is 2.29. The lowest BCUT2D eigenvalue weighted by molar-refractivity contribution is 0.0764. The van der Waals surface area contributed by atoms with Crippen molar-refractivity contribution in [3.8, 4) is 5.75 Å². The van der Waals surface area contributed by atoms with Gasteiger partial charge in [0.25, 0.3) is 0 Å². The van der Waals surface area contributed by atoms with Gasteiger partial charge in [-0.25, -0.2) is 0 Å². The van der Waals surface area contributed by atoms with Crippen LogP contribution in [0.1, 0.15) is 23.7 Å². The molecule has 3 rings (SSSR count). The van der Waals surface area contributed by atoms with Gasteiger partial charge >= 0.3 is 0 Å². The SMILES string of the molecule is COc1ccc2cc(C(=O)C3CCOC3C)ccc2c1. The summed E-state index contributed by atoms with van der Waals surface area (Å²) in [6.07, 6.45) is 0.842. The largest absolute Gasteiger partial charge is 0.497 e. The van der Waals surface area contributed by atoms with E-state index in [9.17, 15) is 4.79 Å². The molecule has 2 unspecified atom stereocenters. The number of ketones is 1. The quantitative estimate of drug-likeness (QED) is 0.801. The maximum atomic E-state index is 12.5. The first kappa shape index (κ1) is 13.1. The minimum Gasteiger partial charge on any atom is -0.497 e. The summed E-state index contributed by atoms with van der Waals surface area (Å²) in [6, 6.07) is 11.7. The van der Waals surface area contributed by atoms with Gasteiger partial charge in [-0.15, -0.1) is 0 Å². The van der Waals surface area contributed by atoms with E-state index < -0.39 is 0 Å². The summed E-state index contributed by atoms with van der Waals surface area (Å²) in [4.78, 5) is 12.5. The Balaban J connectivity index is 1.94. The van der Waals surface area contributed by atoms with Crippen molar-refractivity contribution in [3.05, 3.63) is 42.0 Å². The van der Waals surface area contributed by atoms with E-state index in [2.05, 4.69) is 0 Å². The molecule has 3 heteroatoms. The van der Waals surface area contributed by atoms with Crippen LogP contribution in [-0.4, -0.2) is 25.6 Å². The Hall–Kier alpha value is -1.87. The Morgan fingerprint density at radius 2 is 1.95 bits per heavy atom. The summed E-state index contributed by atoms with van der Waals surface area (Å²) >= 11 is 0. The monoisotopic (exact) mass is 270 g/mol. The summed E-state index contributed by atoms with van der Waals surface area (Å²) in [5, 5.41) is 2.14. The Kier molecular flexibility index (Phi) is 3.45. The third-order valence-corrected chi connectivity index (χ3v) is 4.04. The van der Waals surface area contributed by atoms with Gasteiger partial charge in [-0.05, 0) is 42.3 Å². The van der Waals surface area contributed by atoms with Crippen LogP contribution >= 0.6 is 0 Å². The van der Waals surface area contributed by atoms with Crippen molar-refractivity contribution in [2.24, 2.45) is 5.92 Å². The molecule has 1 aliphatic rings. The molecular weight excluding hydrogens is 252 g/mol. The van der Waals surface area contributed by atoms with Gasteiger partial charge in [0.1, 0.15) is 5.75 Å². The van der Waals surface area contributed by atoms with Gasteiger partial charge in [0.05, 0.1) is 19.1 Å². The molecular formula is C17H18O3. The molecule has 2 aromatic carbocycles. The van der Waals surface area contributed by atoms with E-state index in [1.807, 2.05) is 43.3 Å². The number of ether oxygens (including phenoxy) is 2. The third-order valence-electron chi connectivity index (χ3n) is 4.04. The van der Waals surface area contributed by atoms with Crippen molar-refractivity contribution in [3.63, 3.8) is 0 Å². The lowest BCUT2D eigenvalue weighted by Gasteiger charge is -2.13. The van der Waals surface area contributed by atoms with E-state index in [4.69, 9.17) is 9.47 Å². The van der Waals surface area contributed by atoms with Gasteiger partial charge in [0.2, 0.25) is 0 Å². The molecule has 0 saturated carbocycles. The highest BCUT2D eigenvalue weighted by atomic mass is 16.5. The van der Waals surface area contributed by atoms with Gasteiger partial charge in [-0.2, -0.15) is 0 Å². The molecule has 1 aliphatic heterocycles. The highest BCUT2D eigenvalue weighted by Crippen LogP contribution is 2.27. The van der Waals surface area contributed by atoms with E-state index in [0.717, 1.165) is 28.5 Å². The molecule has 0 aromatic heterocycles. The Morgan fingerprint density at radius 3 is 2.65 bits per heavy atom. The number of hydrogen-bond donors (Lipinski definition) is 0. The van der Waals surface area contributed by atoms with E-state index in [-0.39, 0.29) is 17.8 Å². The van der Waals surface area contributed by atoms with Crippen LogP contribution in [0.15, 0.2) is 36.4 Å². The van der Waals surface area contributed by atoms with Gasteiger partial charge in [0, 0.05) is 12.2 Å². The van der Waals surface area contributed by atoms with Gasteiger partial charge in [0.15, 0.2) is 5.78 Å². The van der Waals surface area contributed by atoms with Crippen molar-refractivity contribution in [2.75, 3.05) is 13.7 Å². The predicted octanol–water partition coefficient (Wildman–Crippen LogP) is 3.46. The highest BCUT2D eigenvalue weighted by molar-refractivity contribution is 6.01. The van der Waals surface area contributed by atoms with Crippen LogP contribution in [0.25, 0.3) is 10.8 Å². The number of Topliss-reactive ketones (excluding diaryl/α,β-unsaturated/α-hetero) is 1. The first-order valence-electron chi connectivity index (χ1n) is 6.92. The van der Waals surface area contributed by atoms with Crippen LogP contribution in [0, 0.1) is 5.92 Å². The van der Waals surface area contributed by atoms with Gasteiger partial charge in [-0.1, -0.05) is 18.2 Å². The van der Waals surface area contributed by atoms with Crippen LogP contribution in [0.5, 0.6) is 5.75 Å². The molecule has 1 saturated heterocycles. The zero-order chi connectivity index (χ0) is 14.1. The van der Waals surface area contributed by atoms with Crippen LogP contribution in [-0.2, 0) is 4.74 Å². The van der Waals surface area contributed by atoms with E-state index in [1.165, 1.54) is 0 Å². The second kappa shape index (κ2) is 5.25. The molecule has 2 atom stereocenters. The Labute approximate surface area is 118 Å². The van der Waals surface area contributed by atoms with Crippen molar-refractivity contribution in [1.82, 2.24) is 0 Å². The number of benzene rings is 2. The normalized spacial score (nSPS) is 22.1. The maximum Gasteiger partial charge on any atom is 0.168 e. The summed E-state index contributed by atoms with van der Waals surface area (Å²) in [7, 11) is 1.65. The van der Waals surface area contributed by atoms with Crippen LogP contribution in [0.3, 0.4) is 0 Å². The van der Waals surface area contributed by atoms with Crippen molar-refractivity contribution >= 4 is 16.6 Å². The van der Waals surface area contributed by atoms with Crippen LogP contribution < -0.4 is 4.74 Å². The molecule has 20 heavy (non-hydrogen) atoms. The second-order valence-electron chi connectivity index (χ2n) is 5.26. The predicted molar refractivity (Wildman–Crippen MR) is 78.4 cm³/mol. The highest BCUT2D eigenvalue weighted by Gasteiger charge is 2.31. The summed E-state index contributed by atoms with van der Waals surface area (Å²) in [6.45, 7) is 2.66. The lowest BCUT2D eigenvalue weighted by atomic mass is 9.91. The molecule has 2 aromatic rings. The summed E-state index contributed by atoms with van der Waals surface area (Å²) in [5.74, 6) is 1.01. The first-order valence-corrected chi connectivity index (χ1v) is 6.92. The second-order valence-corrected chi connectivity index (χ2v) is 5.26. The molecule has 0 amide bonds. The smallest absolute Gasteiger partial charge is 0.168 e. The average Bonchev–Trinajstić information content (AvgIpc) is 2.91. The number of carbonyl (C=O) groups is 1. The van der Waals surface area contributed by atoms with Gasteiger partial charge < -0.3 is 9.47 Å². The fourth-order valence-corrected chi connectivity index (χ4v) is 2.79. The molecule has 0 spiro atoms. The number of fused-ring (bicyclic) bond motifs is 1. The lowest BCUT2D eigenvalue weighted by Crippen LogP contribution is -2.21. The maximum absolute atomic E-state index is 12.5. The molecule has 3 nitrogen and oxygen atoms in total. The van der Waals surface area contributed by atoms with Crippen molar-refractivity contribution in [1.29, 1.82) is 0 Å². The molecule has 0 bridgehead atoms. The molecule has 0 radical (unpaired) electrons. The van der Waals surface area contributed by atoms with Crippen molar-refractivity contribution in [2.45, 2.75) is 19.4 Å². The van der Waals surface area contributed by atoms with Crippen LogP contribution in [0.2, 0.25) is 0 Å². The number of rotatable bonds is 3. The molecule has 1 fully saturated rings. The minimum absolute atomic E-state index is 0.00861. The van der Waals surface area contributed by atoms with E-state index >= 15 is 0 Å². The average molecular weight is 270 g/mol. The number of methoxy groups -OCH3 is 1. The fraction of sp³-hybridized carbons (Fsp3) is 0.353. The Morgan fingerprint density at radius 1 is 1.20 bits per heavy atom. The first-order chi connectivity index (χ1) is 9.69. The van der Waals surface area contributed by atoms with E-state index in [0.29, 0.717) is 6.61 Å². The zero-order valence-corrected chi connectivity index (χ0v) is 11.8. The fourth-order valence-electron chi connectivity index (χ4n) is 2.79. The minimum atomic E-state index is -0.00861. The summed E-state index contributed by atoms with van der Waals surface area (Å²) in [5.41, 5.74) is 0.769. The molecule has 0 N–H and O–H groups in total. The molecule has 0 aliphatic carbocycles. The van der Waals surface area contributed by atoms with E-state index in [1.54, 1.807) is 7.11 Å². The molecule has 1 heterocycles. The van der Waals surface area contributed by atoms with Crippen LogP contribution in [0.4, 0.5) is 0 Å². The van der Waals surface area contributed by atoms with Gasteiger partial charge in [-0.3, -0.25) is 4.79 Å².